The minimum atomic E-state index is -0.310. The van der Waals surface area contributed by atoms with Crippen molar-refractivity contribution in [3.8, 4) is 11.3 Å². The number of quaternary nitrogens is 1. The largest absolute Gasteiger partial charge is 0.344 e. The Bertz CT molecular complexity index is 982. The predicted molar refractivity (Wildman–Crippen MR) is 115 cm³/mol. The Hall–Kier alpha value is -3.32. The summed E-state index contributed by atoms with van der Waals surface area (Å²) >= 11 is 0. The molecule has 154 valence electrons. The van der Waals surface area contributed by atoms with Gasteiger partial charge in [-0.2, -0.15) is 0 Å². The number of carbonyl (C=O) groups excluding carboxylic acids is 1. The van der Waals surface area contributed by atoms with Gasteiger partial charge in [0.05, 0.1) is 45.3 Å². The highest BCUT2D eigenvalue weighted by molar-refractivity contribution is 5.92. The third-order valence-electron chi connectivity index (χ3n) is 5.33. The topological polar surface area (TPSA) is 62.6 Å². The van der Waals surface area contributed by atoms with E-state index in [0.29, 0.717) is 5.69 Å². The van der Waals surface area contributed by atoms with Gasteiger partial charge in [-0.05, 0) is 42.0 Å². The molecule has 7 heteroatoms. The van der Waals surface area contributed by atoms with E-state index >= 15 is 0 Å². The Morgan fingerprint density at radius 2 is 1.70 bits per heavy atom. The highest BCUT2D eigenvalue weighted by atomic mass is 19.1. The Labute approximate surface area is 175 Å². The van der Waals surface area contributed by atoms with Gasteiger partial charge >= 0.3 is 0 Å². The number of halogens is 1. The van der Waals surface area contributed by atoms with Gasteiger partial charge in [0.2, 0.25) is 5.91 Å². The normalized spacial score (nSPS) is 14.5. The lowest BCUT2D eigenvalue weighted by Gasteiger charge is -2.30. The average molecular weight is 406 g/mol. The fourth-order valence-electron chi connectivity index (χ4n) is 3.48. The van der Waals surface area contributed by atoms with Crippen LogP contribution in [0.2, 0.25) is 0 Å². The van der Waals surface area contributed by atoms with Crippen LogP contribution < -0.4 is 15.1 Å². The first-order valence-corrected chi connectivity index (χ1v) is 10.1. The summed E-state index contributed by atoms with van der Waals surface area (Å²) in [5, 5.41) is 11.6. The van der Waals surface area contributed by atoms with Crippen LogP contribution in [0.4, 0.5) is 15.9 Å². The number of carbonyl (C=O) groups is 1. The third-order valence-corrected chi connectivity index (χ3v) is 5.33. The minimum absolute atomic E-state index is 0.146. The number of aromatic nitrogens is 2. The molecule has 0 unspecified atom stereocenters. The van der Waals surface area contributed by atoms with E-state index in [9.17, 15) is 9.18 Å². The van der Waals surface area contributed by atoms with Crippen molar-refractivity contribution in [2.45, 2.75) is 6.42 Å². The molecular formula is C23H25FN5O+. The van der Waals surface area contributed by atoms with Crippen LogP contribution in [0, 0.1) is 5.82 Å². The molecule has 1 aromatic heterocycles. The molecule has 0 spiro atoms. The molecule has 1 saturated heterocycles. The van der Waals surface area contributed by atoms with Crippen molar-refractivity contribution in [3.63, 3.8) is 0 Å². The Kier molecular flexibility index (Phi) is 5.99. The second-order valence-corrected chi connectivity index (χ2v) is 7.65. The number of benzene rings is 2. The molecule has 3 aromatic rings. The highest BCUT2D eigenvalue weighted by Crippen LogP contribution is 2.21. The summed E-state index contributed by atoms with van der Waals surface area (Å²) in [6.07, 6.45) is 0.197. The Morgan fingerprint density at radius 3 is 2.33 bits per heavy atom. The summed E-state index contributed by atoms with van der Waals surface area (Å²) < 4.78 is 13.0. The molecule has 4 rings (SSSR count). The first-order valence-electron chi connectivity index (χ1n) is 10.1. The number of hydrogen-bond donors (Lipinski definition) is 2. The lowest BCUT2D eigenvalue weighted by atomic mass is 10.1. The summed E-state index contributed by atoms with van der Waals surface area (Å²) in [5.41, 5.74) is 3.20. The van der Waals surface area contributed by atoms with E-state index in [1.165, 1.54) is 12.1 Å². The molecule has 1 aliphatic rings. The summed E-state index contributed by atoms with van der Waals surface area (Å²) in [5.74, 6) is 0.457. The predicted octanol–water partition coefficient (Wildman–Crippen LogP) is 1.80. The molecule has 2 heterocycles. The molecule has 2 aromatic carbocycles. The van der Waals surface area contributed by atoms with Crippen LogP contribution in [-0.4, -0.2) is 49.3 Å². The van der Waals surface area contributed by atoms with E-state index in [-0.39, 0.29) is 18.1 Å². The van der Waals surface area contributed by atoms with Crippen LogP contribution in [-0.2, 0) is 11.2 Å². The van der Waals surface area contributed by atoms with Gasteiger partial charge in [0.25, 0.3) is 0 Å². The molecule has 1 amide bonds. The first-order chi connectivity index (χ1) is 14.6. The number of nitrogens with one attached hydrogen (secondary N) is 2. The van der Waals surface area contributed by atoms with Crippen molar-refractivity contribution < 1.29 is 14.1 Å². The fourth-order valence-corrected chi connectivity index (χ4v) is 3.48. The van der Waals surface area contributed by atoms with Crippen LogP contribution in [0.25, 0.3) is 11.3 Å². The Balaban J connectivity index is 1.36. The lowest BCUT2D eigenvalue weighted by molar-refractivity contribution is -0.880. The molecule has 2 N–H and O–H groups in total. The average Bonchev–Trinajstić information content (AvgIpc) is 2.77. The number of piperazine rings is 1. The number of amides is 1. The SMILES string of the molecule is C[NH+]1CCN(c2ccc(-c3ccc(NC(=O)Cc4ccc(F)cc4)cc3)nn2)CC1. The molecule has 0 saturated carbocycles. The van der Waals surface area contributed by atoms with Gasteiger partial charge in [-0.1, -0.05) is 24.3 Å². The van der Waals surface area contributed by atoms with Gasteiger partial charge in [0.1, 0.15) is 5.82 Å². The van der Waals surface area contributed by atoms with Crippen molar-refractivity contribution in [2.75, 3.05) is 43.4 Å². The summed E-state index contributed by atoms with van der Waals surface area (Å²) in [7, 11) is 2.21. The zero-order valence-electron chi connectivity index (χ0n) is 16.9. The lowest BCUT2D eigenvalue weighted by Crippen LogP contribution is -3.12. The quantitative estimate of drug-likeness (QED) is 0.678. The standard InChI is InChI=1S/C23H24FN5O/c1-28-12-14-29(15-13-28)22-11-10-21(26-27-22)18-4-8-20(9-5-18)25-23(30)16-17-2-6-19(24)7-3-17/h2-11H,12-16H2,1H3,(H,25,30)/p+1. The van der Waals surface area contributed by atoms with Gasteiger partial charge < -0.3 is 15.1 Å². The van der Waals surface area contributed by atoms with E-state index < -0.39 is 0 Å². The smallest absolute Gasteiger partial charge is 0.228 e. The maximum atomic E-state index is 13.0. The minimum Gasteiger partial charge on any atom is -0.344 e. The second-order valence-electron chi connectivity index (χ2n) is 7.65. The van der Waals surface area contributed by atoms with Gasteiger partial charge in [-0.15, -0.1) is 10.2 Å². The maximum absolute atomic E-state index is 13.0. The molecule has 30 heavy (non-hydrogen) atoms. The van der Waals surface area contributed by atoms with Crippen LogP contribution >= 0.6 is 0 Å². The van der Waals surface area contributed by atoms with Crippen molar-refractivity contribution in [1.82, 2.24) is 10.2 Å². The van der Waals surface area contributed by atoms with Gasteiger partial charge in [0, 0.05) is 11.3 Å². The zero-order chi connectivity index (χ0) is 20.9. The van der Waals surface area contributed by atoms with E-state index in [2.05, 4.69) is 27.5 Å². The summed E-state index contributed by atoms with van der Waals surface area (Å²) in [6.45, 7) is 4.20. The van der Waals surface area contributed by atoms with Crippen LogP contribution in [0.5, 0.6) is 0 Å². The van der Waals surface area contributed by atoms with Gasteiger partial charge in [-0.3, -0.25) is 4.79 Å². The van der Waals surface area contributed by atoms with Gasteiger partial charge in [-0.25, -0.2) is 4.39 Å². The van der Waals surface area contributed by atoms with E-state index in [1.54, 1.807) is 17.0 Å². The molecule has 1 aliphatic heterocycles. The number of nitrogens with zero attached hydrogens (tertiary/aromatic N) is 3. The molecule has 0 radical (unpaired) electrons. The molecule has 0 aliphatic carbocycles. The van der Waals surface area contributed by atoms with E-state index in [1.807, 2.05) is 36.4 Å². The number of anilines is 2. The van der Waals surface area contributed by atoms with Crippen molar-refractivity contribution in [3.05, 3.63) is 72.0 Å². The second kappa shape index (κ2) is 9.00. The summed E-state index contributed by atoms with van der Waals surface area (Å²) in [6, 6.07) is 17.5. The molecule has 1 fully saturated rings. The third kappa shape index (κ3) is 4.99. The number of rotatable bonds is 5. The first kappa shape index (κ1) is 20.0. The van der Waals surface area contributed by atoms with Gasteiger partial charge in [0.15, 0.2) is 5.82 Å². The van der Waals surface area contributed by atoms with Crippen molar-refractivity contribution in [2.24, 2.45) is 0 Å². The highest BCUT2D eigenvalue weighted by Gasteiger charge is 2.18. The number of likely N-dealkylation sites (N-methyl/N-ethyl adjacent to an activating group) is 1. The maximum Gasteiger partial charge on any atom is 0.228 e. The zero-order valence-corrected chi connectivity index (χ0v) is 16.9. The van der Waals surface area contributed by atoms with E-state index in [0.717, 1.165) is 48.8 Å². The molecule has 0 bridgehead atoms. The van der Waals surface area contributed by atoms with Crippen LogP contribution in [0.1, 0.15) is 5.56 Å². The number of hydrogen-bond acceptors (Lipinski definition) is 4. The summed E-state index contributed by atoms with van der Waals surface area (Å²) in [4.78, 5) is 16.0. The van der Waals surface area contributed by atoms with E-state index in [4.69, 9.17) is 0 Å². The molecule has 0 atom stereocenters. The molecule has 6 nitrogen and oxygen atoms in total. The van der Waals surface area contributed by atoms with Crippen molar-refractivity contribution >= 4 is 17.4 Å². The fraction of sp³-hybridized carbons (Fsp3) is 0.261. The van der Waals surface area contributed by atoms with Crippen LogP contribution in [0.15, 0.2) is 60.7 Å². The molecular weight excluding hydrogens is 381 g/mol. The monoisotopic (exact) mass is 406 g/mol. The Morgan fingerprint density at radius 1 is 1.00 bits per heavy atom. The van der Waals surface area contributed by atoms with Crippen LogP contribution in [0.3, 0.4) is 0 Å². The van der Waals surface area contributed by atoms with Crippen molar-refractivity contribution in [1.29, 1.82) is 0 Å².